The van der Waals surface area contributed by atoms with E-state index in [1.807, 2.05) is 18.2 Å². The Morgan fingerprint density at radius 3 is 2.79 bits per heavy atom. The van der Waals surface area contributed by atoms with E-state index in [9.17, 15) is 4.79 Å². The molecule has 0 aliphatic carbocycles. The standard InChI is InChI=1S/C15H13BrO2S/c1-8-5-11(9(2)19-8)15-7-13(17)12-6-10(16)3-4-14(12)18-15/h3-6,15H,7H2,1-2H3. The highest BCUT2D eigenvalue weighted by atomic mass is 79.9. The molecule has 0 bridgehead atoms. The van der Waals surface area contributed by atoms with Crippen molar-refractivity contribution >= 4 is 33.0 Å². The van der Waals surface area contributed by atoms with Gasteiger partial charge in [0.15, 0.2) is 5.78 Å². The van der Waals surface area contributed by atoms with Gasteiger partial charge in [-0.2, -0.15) is 0 Å². The molecule has 0 amide bonds. The van der Waals surface area contributed by atoms with Crippen LogP contribution in [0.5, 0.6) is 5.75 Å². The number of fused-ring (bicyclic) bond motifs is 1. The molecular weight excluding hydrogens is 324 g/mol. The minimum atomic E-state index is -0.147. The molecular formula is C15H13BrO2S. The number of aryl methyl sites for hydroxylation is 2. The zero-order valence-electron chi connectivity index (χ0n) is 10.7. The number of thiophene rings is 1. The molecule has 0 fully saturated rings. The van der Waals surface area contributed by atoms with E-state index in [0.717, 1.165) is 10.0 Å². The summed E-state index contributed by atoms with van der Waals surface area (Å²) in [6.45, 7) is 4.16. The van der Waals surface area contributed by atoms with Crippen molar-refractivity contribution in [3.8, 4) is 5.75 Å². The molecule has 2 aromatic rings. The summed E-state index contributed by atoms with van der Waals surface area (Å²) in [5.41, 5.74) is 1.82. The van der Waals surface area contributed by atoms with E-state index >= 15 is 0 Å². The topological polar surface area (TPSA) is 26.3 Å². The molecule has 4 heteroatoms. The van der Waals surface area contributed by atoms with Crippen LogP contribution in [0.15, 0.2) is 28.7 Å². The molecule has 0 N–H and O–H groups in total. The van der Waals surface area contributed by atoms with Crippen molar-refractivity contribution in [3.05, 3.63) is 49.6 Å². The number of Topliss-reactive ketones (excluding diaryl/α,β-unsaturated/α-hetero) is 1. The highest BCUT2D eigenvalue weighted by Gasteiger charge is 2.29. The molecule has 0 saturated heterocycles. The molecule has 19 heavy (non-hydrogen) atoms. The Labute approximate surface area is 124 Å². The van der Waals surface area contributed by atoms with Crippen molar-refractivity contribution in [3.63, 3.8) is 0 Å². The quantitative estimate of drug-likeness (QED) is 0.745. The van der Waals surface area contributed by atoms with Crippen LogP contribution in [0.25, 0.3) is 0 Å². The van der Waals surface area contributed by atoms with Gasteiger partial charge < -0.3 is 4.74 Å². The van der Waals surface area contributed by atoms with Gasteiger partial charge in [0.05, 0.1) is 12.0 Å². The van der Waals surface area contributed by atoms with E-state index in [1.54, 1.807) is 11.3 Å². The number of ether oxygens (including phenoxy) is 1. The Kier molecular flexibility index (Phi) is 3.23. The maximum absolute atomic E-state index is 12.2. The third-order valence-corrected chi connectivity index (χ3v) is 4.78. The van der Waals surface area contributed by atoms with Gasteiger partial charge in [0.2, 0.25) is 0 Å². The van der Waals surface area contributed by atoms with Crippen molar-refractivity contribution in [2.24, 2.45) is 0 Å². The summed E-state index contributed by atoms with van der Waals surface area (Å²) < 4.78 is 6.91. The molecule has 98 valence electrons. The van der Waals surface area contributed by atoms with Crippen LogP contribution in [0.1, 0.15) is 38.2 Å². The molecule has 0 radical (unpaired) electrons. The molecule has 0 spiro atoms. The van der Waals surface area contributed by atoms with Gasteiger partial charge in [-0.15, -0.1) is 11.3 Å². The van der Waals surface area contributed by atoms with Crippen LogP contribution in [-0.4, -0.2) is 5.78 Å². The van der Waals surface area contributed by atoms with Crippen LogP contribution in [-0.2, 0) is 0 Å². The first-order valence-corrected chi connectivity index (χ1v) is 7.72. The highest BCUT2D eigenvalue weighted by molar-refractivity contribution is 9.10. The van der Waals surface area contributed by atoms with E-state index in [2.05, 4.69) is 35.8 Å². The van der Waals surface area contributed by atoms with Gasteiger partial charge in [-0.3, -0.25) is 4.79 Å². The molecule has 1 aromatic heterocycles. The largest absolute Gasteiger partial charge is 0.484 e. The summed E-state index contributed by atoms with van der Waals surface area (Å²) in [6, 6.07) is 7.72. The molecule has 1 aliphatic heterocycles. The van der Waals surface area contributed by atoms with Crippen LogP contribution in [0.4, 0.5) is 0 Å². The fourth-order valence-electron chi connectivity index (χ4n) is 2.44. The fourth-order valence-corrected chi connectivity index (χ4v) is 3.78. The van der Waals surface area contributed by atoms with Gasteiger partial charge in [-0.05, 0) is 38.1 Å². The van der Waals surface area contributed by atoms with Gasteiger partial charge in [-0.25, -0.2) is 0 Å². The Bertz CT molecular complexity index is 660. The normalized spacial score (nSPS) is 18.1. The van der Waals surface area contributed by atoms with Gasteiger partial charge >= 0.3 is 0 Å². The average Bonchev–Trinajstić information content (AvgIpc) is 2.69. The number of hydrogen-bond donors (Lipinski definition) is 0. The number of hydrogen-bond acceptors (Lipinski definition) is 3. The third kappa shape index (κ3) is 2.35. The zero-order valence-corrected chi connectivity index (χ0v) is 13.1. The Morgan fingerprint density at radius 1 is 1.32 bits per heavy atom. The maximum Gasteiger partial charge on any atom is 0.170 e. The Hall–Kier alpha value is -1.13. The van der Waals surface area contributed by atoms with Crippen LogP contribution in [0.2, 0.25) is 0 Å². The maximum atomic E-state index is 12.2. The second-order valence-electron chi connectivity index (χ2n) is 4.74. The second kappa shape index (κ2) is 4.76. The Morgan fingerprint density at radius 2 is 2.11 bits per heavy atom. The molecule has 2 heterocycles. The van der Waals surface area contributed by atoms with Crippen LogP contribution in [0, 0.1) is 13.8 Å². The lowest BCUT2D eigenvalue weighted by molar-refractivity contribution is 0.0850. The molecule has 1 unspecified atom stereocenters. The van der Waals surface area contributed by atoms with E-state index in [0.29, 0.717) is 17.7 Å². The number of ketones is 1. The van der Waals surface area contributed by atoms with Crippen molar-refractivity contribution in [2.75, 3.05) is 0 Å². The molecule has 0 saturated carbocycles. The van der Waals surface area contributed by atoms with E-state index in [1.165, 1.54) is 9.75 Å². The minimum absolute atomic E-state index is 0.147. The van der Waals surface area contributed by atoms with Crippen LogP contribution >= 0.6 is 27.3 Å². The minimum Gasteiger partial charge on any atom is -0.484 e. The zero-order chi connectivity index (χ0) is 13.6. The monoisotopic (exact) mass is 336 g/mol. The van der Waals surface area contributed by atoms with Crippen molar-refractivity contribution in [1.29, 1.82) is 0 Å². The average molecular weight is 337 g/mol. The fraction of sp³-hybridized carbons (Fsp3) is 0.267. The predicted molar refractivity (Wildman–Crippen MR) is 80.3 cm³/mol. The van der Waals surface area contributed by atoms with E-state index < -0.39 is 0 Å². The van der Waals surface area contributed by atoms with Gasteiger partial charge in [-0.1, -0.05) is 15.9 Å². The lowest BCUT2D eigenvalue weighted by Crippen LogP contribution is -2.20. The number of carbonyl (C=O) groups is 1. The summed E-state index contributed by atoms with van der Waals surface area (Å²) in [6.07, 6.45) is 0.270. The van der Waals surface area contributed by atoms with Gasteiger partial charge in [0.1, 0.15) is 11.9 Å². The number of carbonyl (C=O) groups excluding carboxylic acids is 1. The van der Waals surface area contributed by atoms with Crippen molar-refractivity contribution in [2.45, 2.75) is 26.4 Å². The summed E-state index contributed by atoms with van der Waals surface area (Å²) >= 11 is 5.14. The summed E-state index contributed by atoms with van der Waals surface area (Å²) in [4.78, 5) is 14.7. The molecule has 1 aliphatic rings. The van der Waals surface area contributed by atoms with E-state index in [-0.39, 0.29) is 11.9 Å². The van der Waals surface area contributed by atoms with Gasteiger partial charge in [0.25, 0.3) is 0 Å². The van der Waals surface area contributed by atoms with Gasteiger partial charge in [0, 0.05) is 19.8 Å². The molecule has 1 atom stereocenters. The smallest absolute Gasteiger partial charge is 0.170 e. The lowest BCUT2D eigenvalue weighted by Gasteiger charge is -2.25. The summed E-state index contributed by atoms with van der Waals surface area (Å²) in [5, 5.41) is 0. The summed E-state index contributed by atoms with van der Waals surface area (Å²) in [5.74, 6) is 0.837. The first kappa shape index (κ1) is 12.9. The van der Waals surface area contributed by atoms with E-state index in [4.69, 9.17) is 4.74 Å². The predicted octanol–water partition coefficient (Wildman–Crippen LogP) is 4.83. The molecule has 3 rings (SSSR count). The van der Waals surface area contributed by atoms with Crippen LogP contribution in [0.3, 0.4) is 0 Å². The SMILES string of the molecule is Cc1cc(C2CC(=O)c3cc(Br)ccc3O2)c(C)s1. The molecule has 1 aromatic carbocycles. The van der Waals surface area contributed by atoms with Crippen molar-refractivity contribution in [1.82, 2.24) is 0 Å². The third-order valence-electron chi connectivity index (χ3n) is 3.31. The highest BCUT2D eigenvalue weighted by Crippen LogP contribution is 2.38. The van der Waals surface area contributed by atoms with Crippen LogP contribution < -0.4 is 4.74 Å². The lowest BCUT2D eigenvalue weighted by atomic mass is 9.96. The number of benzene rings is 1. The number of rotatable bonds is 1. The first-order chi connectivity index (χ1) is 9.04. The Balaban J connectivity index is 1.99. The summed E-state index contributed by atoms with van der Waals surface area (Å²) in [7, 11) is 0. The number of halogens is 1. The second-order valence-corrected chi connectivity index (χ2v) is 7.12. The van der Waals surface area contributed by atoms with Crippen molar-refractivity contribution < 1.29 is 9.53 Å². The molecule has 2 nitrogen and oxygen atoms in total. The first-order valence-electron chi connectivity index (χ1n) is 6.11.